The summed E-state index contributed by atoms with van der Waals surface area (Å²) in [5.41, 5.74) is 0. The number of hydrogen-bond donors (Lipinski definition) is 0. The molecule has 0 fully saturated rings. The van der Waals surface area contributed by atoms with Crippen molar-refractivity contribution in [1.82, 2.24) is 0 Å². The van der Waals surface area contributed by atoms with Crippen LogP contribution in [0.1, 0.15) is 0 Å². The van der Waals surface area contributed by atoms with Crippen molar-refractivity contribution in [2.24, 2.45) is 0 Å². The van der Waals surface area contributed by atoms with E-state index in [4.69, 9.17) is 0 Å². The van der Waals surface area contributed by atoms with E-state index in [1.807, 2.05) is 0 Å². The molecule has 0 rings (SSSR count). The quantitative estimate of drug-likeness (QED) is 0.624. The fraction of sp³-hybridized carbons (Fsp3) is 0. The van der Waals surface area contributed by atoms with Crippen LogP contribution in [0.5, 0.6) is 0 Å². The first kappa shape index (κ1) is 10.5. The monoisotopic (exact) mass is 338 g/mol. The Morgan fingerprint density at radius 2 is 1.00 bits per heavy atom. The van der Waals surface area contributed by atoms with Crippen molar-refractivity contribution in [3.05, 3.63) is 0 Å². The summed E-state index contributed by atoms with van der Waals surface area (Å²) in [6.45, 7) is 0. The summed E-state index contributed by atoms with van der Waals surface area (Å²) >= 11 is -5.22. The van der Waals surface area contributed by atoms with Gasteiger partial charge in [0.15, 0.2) is 0 Å². The first-order valence-corrected chi connectivity index (χ1v) is 4.86. The maximum atomic E-state index is 9.89. The van der Waals surface area contributed by atoms with E-state index in [9.17, 15) is 2.88 Å². The van der Waals surface area contributed by atoms with Gasteiger partial charge in [-0.05, 0) is 0 Å². The third-order valence-corrected chi connectivity index (χ3v) is 0. The van der Waals surface area contributed by atoms with Gasteiger partial charge in [0, 0.05) is 41.7 Å². The van der Waals surface area contributed by atoms with Crippen LogP contribution in [0.4, 0.5) is 2.88 Å². The van der Waals surface area contributed by atoms with Crippen molar-refractivity contribution in [2.75, 3.05) is 0 Å². The Morgan fingerprint density at radius 3 is 1.00 bits per heavy atom. The maximum absolute atomic E-state index is 9.89. The molecule has 0 aromatic carbocycles. The average molecular weight is 338 g/mol. The van der Waals surface area contributed by atoms with Gasteiger partial charge in [0.2, 0.25) is 0 Å². The Kier molecular flexibility index (Phi) is 13.7. The van der Waals surface area contributed by atoms with E-state index in [-0.39, 0.29) is 41.7 Å². The van der Waals surface area contributed by atoms with Crippen LogP contribution < -0.4 is 0 Å². The molecule has 0 bridgehead atoms. The van der Waals surface area contributed by atoms with Crippen molar-refractivity contribution in [2.45, 2.75) is 0 Å². The summed E-state index contributed by atoms with van der Waals surface area (Å²) in [5, 5.41) is 0. The van der Waals surface area contributed by atoms with Gasteiger partial charge in [-0.15, -0.1) is 0 Å². The van der Waals surface area contributed by atoms with E-state index in [1.165, 1.54) is 0 Å². The fourth-order valence-electron chi connectivity index (χ4n) is 0. The van der Waals surface area contributed by atoms with Gasteiger partial charge in [0.1, 0.15) is 0 Å². The fourth-order valence-corrected chi connectivity index (χ4v) is 0. The predicted molar refractivity (Wildman–Crippen MR) is 3.32 cm³/mol. The summed E-state index contributed by atoms with van der Waals surface area (Å²) in [6.07, 6.45) is 0. The molecule has 0 spiro atoms. The van der Waals surface area contributed by atoms with Gasteiger partial charge in [0.25, 0.3) is 0 Å². The second kappa shape index (κ2) is 6.53. The Balaban J connectivity index is 0. The molecule has 0 radical (unpaired) electrons. The molecule has 0 aromatic rings. The van der Waals surface area contributed by atoms with E-state index in [2.05, 4.69) is 0 Å². The van der Waals surface area contributed by atoms with Crippen molar-refractivity contribution in [1.29, 1.82) is 0 Å². The normalized spacial score (nSPS) is 5.40. The van der Waals surface area contributed by atoms with E-state index >= 15 is 0 Å². The average Bonchev–Trinajstić information content (AvgIpc) is 0.811. The van der Waals surface area contributed by atoms with Crippen LogP contribution in [-0.2, 0) is 0 Å². The van der Waals surface area contributed by atoms with Gasteiger partial charge < -0.3 is 0 Å². The second-order valence-corrected chi connectivity index (χ2v) is 1.84. The number of hydrogen-bond acceptors (Lipinski definition) is 0. The molecule has 0 aliphatic carbocycles. The van der Waals surface area contributed by atoms with Crippen LogP contribution in [0, 0.1) is 79.3 Å². The summed E-state index contributed by atoms with van der Waals surface area (Å²) < 4.78 is 29.7. The molecule has 0 aliphatic rings. The summed E-state index contributed by atoms with van der Waals surface area (Å²) in [7, 11) is 0. The van der Waals surface area contributed by atoms with Crippen molar-refractivity contribution >= 4 is 0 Å². The Labute approximate surface area is 79.9 Å². The van der Waals surface area contributed by atoms with Gasteiger partial charge in [-0.1, -0.05) is 0 Å². The number of rotatable bonds is 0. The molecule has 0 saturated heterocycles. The van der Waals surface area contributed by atoms with Crippen LogP contribution in [-0.4, -0.2) is 0 Å². The molecule has 0 nitrogen and oxygen atoms in total. The minimum absolute atomic E-state index is 0. The molecule has 28 valence electrons. The zero-order chi connectivity index (χ0) is 3.58. The standard InChI is InChI=1S/Ce.3FH.Pr/h;3*1H;/q;;;;+3/p-3. The summed E-state index contributed by atoms with van der Waals surface area (Å²) in [4.78, 5) is 0. The SMILES string of the molecule is [Ce].[F][Pr]([F])[F]. The molecule has 0 aromatic heterocycles. The Bertz CT molecular complexity index is 11.6. The first-order chi connectivity index (χ1) is 1.73. The molecule has 0 heterocycles. The predicted octanol–water partition coefficient (Wildman–Crippen LogP) is 1.26. The third kappa shape index (κ3) is 20.9. The van der Waals surface area contributed by atoms with Crippen molar-refractivity contribution in [3.8, 4) is 0 Å². The van der Waals surface area contributed by atoms with Gasteiger partial charge in [0.05, 0.1) is 0 Å². The van der Waals surface area contributed by atoms with Crippen LogP contribution in [0.15, 0.2) is 0 Å². The molecule has 5 heteroatoms. The molecule has 0 saturated carbocycles. The van der Waals surface area contributed by atoms with Crippen LogP contribution in [0.2, 0.25) is 0 Å². The number of halogens is 3. The van der Waals surface area contributed by atoms with E-state index in [1.54, 1.807) is 0 Å². The van der Waals surface area contributed by atoms with E-state index < -0.39 is 37.5 Å². The van der Waals surface area contributed by atoms with E-state index in [0.29, 0.717) is 0 Å². The van der Waals surface area contributed by atoms with Crippen molar-refractivity contribution in [3.63, 3.8) is 0 Å². The van der Waals surface area contributed by atoms with E-state index in [0.717, 1.165) is 0 Å². The Hall–Kier alpha value is 2.53. The van der Waals surface area contributed by atoms with Crippen molar-refractivity contribution < 1.29 is 82.2 Å². The second-order valence-electron chi connectivity index (χ2n) is 0.247. The zero-order valence-corrected chi connectivity index (χ0v) is 9.06. The van der Waals surface area contributed by atoms with Gasteiger partial charge >= 0.3 is 40.4 Å². The van der Waals surface area contributed by atoms with Gasteiger partial charge in [-0.25, -0.2) is 0 Å². The summed E-state index contributed by atoms with van der Waals surface area (Å²) in [5.74, 6) is 0. The van der Waals surface area contributed by atoms with Crippen LogP contribution >= 0.6 is 0 Å². The molecule has 5 heavy (non-hydrogen) atoms. The minimum atomic E-state index is -5.22. The Morgan fingerprint density at radius 1 is 1.00 bits per heavy atom. The van der Waals surface area contributed by atoms with Gasteiger partial charge in [-0.3, -0.25) is 0 Å². The summed E-state index contributed by atoms with van der Waals surface area (Å²) in [6, 6.07) is 0. The topological polar surface area (TPSA) is 0 Å². The molecule has 0 amide bonds. The molecular weight excluding hydrogens is 338 g/mol. The molecule has 0 atom stereocenters. The molecular formula is CeF3Pr. The van der Waals surface area contributed by atoms with Gasteiger partial charge in [-0.2, -0.15) is 0 Å². The molecule has 0 unspecified atom stereocenters. The van der Waals surface area contributed by atoms with Crippen LogP contribution in [0.3, 0.4) is 0 Å². The zero-order valence-electron chi connectivity index (χ0n) is 2.21. The first-order valence-electron chi connectivity index (χ1n) is 0.655. The molecule has 0 aliphatic heterocycles. The molecule has 0 N–H and O–H groups in total. The third-order valence-electron chi connectivity index (χ3n) is 0. The van der Waals surface area contributed by atoms with Crippen LogP contribution in [0.25, 0.3) is 0 Å².